The fourth-order valence-electron chi connectivity index (χ4n) is 3.33. The van der Waals surface area contributed by atoms with Crippen LogP contribution in [0, 0.1) is 22.2 Å². The van der Waals surface area contributed by atoms with Gasteiger partial charge >= 0.3 is 5.97 Å². The van der Waals surface area contributed by atoms with Gasteiger partial charge in [-0.15, -0.1) is 0 Å². The summed E-state index contributed by atoms with van der Waals surface area (Å²) in [5, 5.41) is 0. The molecule has 1 rings (SSSR count). The summed E-state index contributed by atoms with van der Waals surface area (Å²) < 4.78 is 12.3. The predicted octanol–water partition coefficient (Wildman–Crippen LogP) is 6.35. The third-order valence-electron chi connectivity index (χ3n) is 4.94. The standard InChI is InChI=1S/C22H42O3/c1-20(2,3)15-17(21(4,5)6)18(23)25-19(22(7,8)9)24-16-13-11-10-12-14-16/h16-17,19H,10-15H2,1-9H3. The second-order valence-corrected chi connectivity index (χ2v) is 11.2. The van der Waals surface area contributed by atoms with Crippen LogP contribution in [-0.2, 0) is 14.3 Å². The minimum absolute atomic E-state index is 0.0818. The van der Waals surface area contributed by atoms with Crippen molar-refractivity contribution in [2.45, 2.75) is 113 Å². The van der Waals surface area contributed by atoms with Crippen molar-refractivity contribution in [3.8, 4) is 0 Å². The highest BCUT2D eigenvalue weighted by molar-refractivity contribution is 5.73. The quantitative estimate of drug-likeness (QED) is 0.426. The molecule has 0 bridgehead atoms. The Labute approximate surface area is 156 Å². The number of hydrogen-bond acceptors (Lipinski definition) is 3. The average Bonchev–Trinajstić information content (AvgIpc) is 2.42. The van der Waals surface area contributed by atoms with Crippen molar-refractivity contribution in [3.63, 3.8) is 0 Å². The summed E-state index contributed by atoms with van der Waals surface area (Å²) >= 11 is 0. The molecule has 0 radical (unpaired) electrons. The van der Waals surface area contributed by atoms with Crippen molar-refractivity contribution >= 4 is 5.97 Å². The highest BCUT2D eigenvalue weighted by atomic mass is 16.7. The normalized spacial score (nSPS) is 20.2. The van der Waals surface area contributed by atoms with Crippen LogP contribution < -0.4 is 0 Å². The van der Waals surface area contributed by atoms with Crippen molar-refractivity contribution in [2.24, 2.45) is 22.2 Å². The van der Waals surface area contributed by atoms with Gasteiger partial charge in [0.2, 0.25) is 6.29 Å². The lowest BCUT2D eigenvalue weighted by molar-refractivity contribution is -0.227. The smallest absolute Gasteiger partial charge is 0.311 e. The van der Waals surface area contributed by atoms with Crippen molar-refractivity contribution in [1.82, 2.24) is 0 Å². The topological polar surface area (TPSA) is 35.5 Å². The Kier molecular flexibility index (Phi) is 7.56. The maximum Gasteiger partial charge on any atom is 0.311 e. The number of carbonyl (C=O) groups excluding carboxylic acids is 1. The van der Waals surface area contributed by atoms with Crippen molar-refractivity contribution in [3.05, 3.63) is 0 Å². The number of ether oxygens (including phenoxy) is 2. The second-order valence-electron chi connectivity index (χ2n) is 11.2. The van der Waals surface area contributed by atoms with Crippen LogP contribution >= 0.6 is 0 Å². The van der Waals surface area contributed by atoms with Gasteiger partial charge in [0, 0.05) is 5.41 Å². The number of rotatable bonds is 5. The summed E-state index contributed by atoms with van der Waals surface area (Å²) in [5.74, 6) is -0.245. The van der Waals surface area contributed by atoms with E-state index in [1.165, 1.54) is 19.3 Å². The highest BCUT2D eigenvalue weighted by Crippen LogP contribution is 2.38. The van der Waals surface area contributed by atoms with E-state index >= 15 is 0 Å². The molecule has 148 valence electrons. The van der Waals surface area contributed by atoms with Gasteiger partial charge in [-0.1, -0.05) is 81.6 Å². The van der Waals surface area contributed by atoms with Gasteiger partial charge < -0.3 is 9.47 Å². The molecule has 1 fully saturated rings. The van der Waals surface area contributed by atoms with Gasteiger partial charge in [-0.2, -0.15) is 0 Å². The van der Waals surface area contributed by atoms with Crippen LogP contribution in [0.15, 0.2) is 0 Å². The third-order valence-corrected chi connectivity index (χ3v) is 4.94. The second kappa shape index (κ2) is 8.41. The SMILES string of the molecule is CC(C)(C)CC(C(=O)OC(OC1CCCCC1)C(C)(C)C)C(C)(C)C. The zero-order valence-electron chi connectivity index (χ0n) is 18.2. The van der Waals surface area contributed by atoms with Gasteiger partial charge in [0.05, 0.1) is 12.0 Å². The van der Waals surface area contributed by atoms with E-state index in [0.29, 0.717) is 0 Å². The largest absolute Gasteiger partial charge is 0.435 e. The first-order valence-electron chi connectivity index (χ1n) is 10.1. The molecule has 0 heterocycles. The van der Waals surface area contributed by atoms with E-state index in [9.17, 15) is 4.79 Å². The van der Waals surface area contributed by atoms with E-state index in [1.807, 2.05) is 0 Å². The molecule has 1 saturated carbocycles. The van der Waals surface area contributed by atoms with E-state index in [0.717, 1.165) is 19.3 Å². The summed E-state index contributed by atoms with van der Waals surface area (Å²) in [6, 6.07) is 0. The minimum atomic E-state index is -0.479. The molecule has 25 heavy (non-hydrogen) atoms. The molecule has 1 aliphatic carbocycles. The fourth-order valence-corrected chi connectivity index (χ4v) is 3.33. The van der Waals surface area contributed by atoms with Crippen molar-refractivity contribution in [1.29, 1.82) is 0 Å². The maximum absolute atomic E-state index is 13.1. The first-order valence-corrected chi connectivity index (χ1v) is 10.1. The molecule has 0 N–H and O–H groups in total. The van der Waals surface area contributed by atoms with Gasteiger partial charge in [0.25, 0.3) is 0 Å². The first kappa shape index (κ1) is 22.5. The lowest BCUT2D eigenvalue weighted by Gasteiger charge is -2.38. The van der Waals surface area contributed by atoms with E-state index < -0.39 is 6.29 Å². The summed E-state index contributed by atoms with van der Waals surface area (Å²) in [6.45, 7) is 19.2. The van der Waals surface area contributed by atoms with Crippen LogP contribution in [0.5, 0.6) is 0 Å². The molecule has 0 aromatic heterocycles. The van der Waals surface area contributed by atoms with Crippen molar-refractivity contribution < 1.29 is 14.3 Å². The minimum Gasteiger partial charge on any atom is -0.435 e. The Bertz CT molecular complexity index is 414. The Morgan fingerprint density at radius 1 is 0.880 bits per heavy atom. The summed E-state index contributed by atoms with van der Waals surface area (Å²) in [4.78, 5) is 13.1. The molecule has 1 aliphatic rings. The zero-order chi connectivity index (χ0) is 19.5. The molecule has 0 aliphatic heterocycles. The van der Waals surface area contributed by atoms with E-state index in [-0.39, 0.29) is 34.2 Å². The average molecular weight is 355 g/mol. The lowest BCUT2D eigenvalue weighted by atomic mass is 9.72. The molecular weight excluding hydrogens is 312 g/mol. The number of carbonyl (C=O) groups is 1. The van der Waals surface area contributed by atoms with E-state index in [2.05, 4.69) is 62.3 Å². The van der Waals surface area contributed by atoms with Gasteiger partial charge in [0.1, 0.15) is 0 Å². The molecule has 3 heteroatoms. The Morgan fingerprint density at radius 3 is 1.80 bits per heavy atom. The monoisotopic (exact) mass is 354 g/mol. The van der Waals surface area contributed by atoms with Crippen LogP contribution in [0.25, 0.3) is 0 Å². The van der Waals surface area contributed by atoms with Crippen LogP contribution in [0.4, 0.5) is 0 Å². The molecule has 0 aromatic rings. The molecule has 0 spiro atoms. The van der Waals surface area contributed by atoms with Gasteiger partial charge in [-0.05, 0) is 30.1 Å². The van der Waals surface area contributed by atoms with Crippen LogP contribution in [0.3, 0.4) is 0 Å². The number of hydrogen-bond donors (Lipinski definition) is 0. The summed E-state index contributed by atoms with van der Waals surface area (Å²) in [6.07, 6.45) is 6.43. The van der Waals surface area contributed by atoms with Gasteiger partial charge in [0.15, 0.2) is 0 Å². The van der Waals surface area contributed by atoms with E-state index in [1.54, 1.807) is 0 Å². The fraction of sp³-hybridized carbons (Fsp3) is 0.955. The molecule has 3 nitrogen and oxygen atoms in total. The summed E-state index contributed by atoms with van der Waals surface area (Å²) in [5.41, 5.74) is -0.271. The highest BCUT2D eigenvalue weighted by Gasteiger charge is 2.39. The molecule has 2 atom stereocenters. The summed E-state index contributed by atoms with van der Waals surface area (Å²) in [7, 11) is 0. The first-order chi connectivity index (χ1) is 11.2. The Hall–Kier alpha value is -0.570. The maximum atomic E-state index is 13.1. The zero-order valence-corrected chi connectivity index (χ0v) is 18.2. The Balaban J connectivity index is 2.86. The lowest BCUT2D eigenvalue weighted by Crippen LogP contribution is -2.42. The molecule has 0 saturated heterocycles. The Morgan fingerprint density at radius 2 is 1.40 bits per heavy atom. The van der Waals surface area contributed by atoms with Crippen molar-refractivity contribution in [2.75, 3.05) is 0 Å². The van der Waals surface area contributed by atoms with Crippen LogP contribution in [-0.4, -0.2) is 18.4 Å². The van der Waals surface area contributed by atoms with Gasteiger partial charge in [-0.25, -0.2) is 0 Å². The third kappa shape index (κ3) is 8.11. The number of esters is 1. The van der Waals surface area contributed by atoms with E-state index in [4.69, 9.17) is 9.47 Å². The molecule has 0 amide bonds. The van der Waals surface area contributed by atoms with Gasteiger partial charge in [-0.3, -0.25) is 4.79 Å². The molecular formula is C22H42O3. The predicted molar refractivity (Wildman–Crippen MR) is 104 cm³/mol. The van der Waals surface area contributed by atoms with Crippen LogP contribution in [0.1, 0.15) is 101 Å². The molecule has 0 aromatic carbocycles. The molecule has 2 unspecified atom stereocenters. The van der Waals surface area contributed by atoms with Crippen LogP contribution in [0.2, 0.25) is 0 Å².